The summed E-state index contributed by atoms with van der Waals surface area (Å²) in [6.45, 7) is 6.54. The van der Waals surface area contributed by atoms with Crippen LogP contribution in [0.4, 0.5) is 5.13 Å². The molecule has 0 aliphatic heterocycles. The van der Waals surface area contributed by atoms with Gasteiger partial charge in [0.15, 0.2) is 11.7 Å². The lowest BCUT2D eigenvalue weighted by molar-refractivity contribution is -0.120. The Hall–Kier alpha value is -2.40. The van der Waals surface area contributed by atoms with Gasteiger partial charge < -0.3 is 4.74 Å². The van der Waals surface area contributed by atoms with Gasteiger partial charge in [-0.05, 0) is 44.5 Å². The average molecular weight is 340 g/mol. The number of ether oxygens (including phenoxy) is 1. The molecule has 0 unspecified atom stereocenters. The van der Waals surface area contributed by atoms with Gasteiger partial charge in [-0.1, -0.05) is 41.2 Å². The van der Waals surface area contributed by atoms with Crippen LogP contribution >= 0.6 is 11.3 Å². The average Bonchev–Trinajstić information content (AvgIpc) is 2.98. The number of carbonyl (C=O) groups excluding carboxylic acids is 1. The van der Waals surface area contributed by atoms with E-state index in [9.17, 15) is 4.79 Å². The standard InChI is InChI=1S/C19H20N2O2S/c1-4-21(19-20-15-7-5-6-8-17(15)24-19)18(22)12-23-16-10-9-13(2)11-14(16)3/h5-11H,4,12H2,1-3H3. The molecule has 1 amide bonds. The van der Waals surface area contributed by atoms with Crippen LogP contribution in [0.2, 0.25) is 0 Å². The Morgan fingerprint density at radius 1 is 1.21 bits per heavy atom. The summed E-state index contributed by atoms with van der Waals surface area (Å²) in [6, 6.07) is 13.8. The van der Waals surface area contributed by atoms with Crippen LogP contribution in [0.15, 0.2) is 42.5 Å². The molecule has 0 radical (unpaired) electrons. The summed E-state index contributed by atoms with van der Waals surface area (Å²) in [4.78, 5) is 18.8. The fourth-order valence-electron chi connectivity index (χ4n) is 2.57. The maximum absolute atomic E-state index is 12.6. The Morgan fingerprint density at radius 2 is 2.00 bits per heavy atom. The Labute approximate surface area is 145 Å². The number of hydrogen-bond acceptors (Lipinski definition) is 4. The van der Waals surface area contributed by atoms with Crippen molar-refractivity contribution in [2.24, 2.45) is 0 Å². The van der Waals surface area contributed by atoms with Crippen molar-refractivity contribution in [1.82, 2.24) is 4.98 Å². The molecule has 0 spiro atoms. The molecule has 0 aliphatic carbocycles. The maximum atomic E-state index is 12.6. The smallest absolute Gasteiger partial charge is 0.266 e. The van der Waals surface area contributed by atoms with Gasteiger partial charge in [-0.15, -0.1) is 0 Å². The Kier molecular flexibility index (Phi) is 4.81. The number of nitrogens with zero attached hydrogens (tertiary/aromatic N) is 2. The van der Waals surface area contributed by atoms with Crippen LogP contribution < -0.4 is 9.64 Å². The number of benzene rings is 2. The summed E-state index contributed by atoms with van der Waals surface area (Å²) in [7, 11) is 0. The molecule has 2 aromatic carbocycles. The largest absolute Gasteiger partial charge is 0.483 e. The number of carbonyl (C=O) groups is 1. The zero-order valence-corrected chi connectivity index (χ0v) is 14.9. The molecule has 0 N–H and O–H groups in total. The van der Waals surface area contributed by atoms with Crippen molar-refractivity contribution in [3.63, 3.8) is 0 Å². The van der Waals surface area contributed by atoms with Crippen molar-refractivity contribution in [1.29, 1.82) is 0 Å². The third kappa shape index (κ3) is 3.41. The van der Waals surface area contributed by atoms with Gasteiger partial charge in [0.2, 0.25) is 0 Å². The van der Waals surface area contributed by atoms with Gasteiger partial charge in [0.05, 0.1) is 10.2 Å². The number of amides is 1. The van der Waals surface area contributed by atoms with Gasteiger partial charge in [-0.3, -0.25) is 9.69 Å². The lowest BCUT2D eigenvalue weighted by atomic mass is 10.1. The zero-order chi connectivity index (χ0) is 17.1. The van der Waals surface area contributed by atoms with Crippen LogP contribution in [0, 0.1) is 13.8 Å². The summed E-state index contributed by atoms with van der Waals surface area (Å²) in [5.74, 6) is 0.658. The molecule has 0 fully saturated rings. The number of likely N-dealkylation sites (N-methyl/N-ethyl adjacent to an activating group) is 1. The highest BCUT2D eigenvalue weighted by molar-refractivity contribution is 7.22. The SMILES string of the molecule is CCN(C(=O)COc1ccc(C)cc1C)c1nc2ccccc2s1. The van der Waals surface area contributed by atoms with Gasteiger partial charge >= 0.3 is 0 Å². The maximum Gasteiger partial charge on any atom is 0.266 e. The highest BCUT2D eigenvalue weighted by atomic mass is 32.1. The summed E-state index contributed by atoms with van der Waals surface area (Å²) in [5, 5.41) is 0.716. The zero-order valence-electron chi connectivity index (χ0n) is 14.1. The second kappa shape index (κ2) is 7.01. The lowest BCUT2D eigenvalue weighted by Crippen LogP contribution is -2.34. The van der Waals surface area contributed by atoms with Crippen LogP contribution in [-0.2, 0) is 4.79 Å². The molecule has 3 rings (SSSR count). The number of aromatic nitrogens is 1. The topological polar surface area (TPSA) is 42.4 Å². The van der Waals surface area contributed by atoms with E-state index < -0.39 is 0 Å². The number of hydrogen-bond donors (Lipinski definition) is 0. The highest BCUT2D eigenvalue weighted by Gasteiger charge is 2.18. The molecule has 0 aliphatic rings. The fourth-order valence-corrected chi connectivity index (χ4v) is 3.62. The van der Waals surface area contributed by atoms with Crippen molar-refractivity contribution in [3.8, 4) is 5.75 Å². The first-order valence-corrected chi connectivity index (χ1v) is 8.76. The van der Waals surface area contributed by atoms with Crippen LogP contribution in [0.1, 0.15) is 18.1 Å². The second-order valence-electron chi connectivity index (χ2n) is 5.66. The molecule has 1 aromatic heterocycles. The van der Waals surface area contributed by atoms with Crippen molar-refractivity contribution in [2.75, 3.05) is 18.1 Å². The third-order valence-corrected chi connectivity index (χ3v) is 4.87. The predicted molar refractivity (Wildman–Crippen MR) is 99.1 cm³/mol. The molecule has 124 valence electrons. The van der Waals surface area contributed by atoms with E-state index in [0.29, 0.717) is 11.7 Å². The van der Waals surface area contributed by atoms with E-state index in [1.807, 2.05) is 63.2 Å². The highest BCUT2D eigenvalue weighted by Crippen LogP contribution is 2.28. The fraction of sp³-hybridized carbons (Fsp3) is 0.263. The Morgan fingerprint density at radius 3 is 2.71 bits per heavy atom. The normalized spacial score (nSPS) is 10.8. The van der Waals surface area contributed by atoms with Crippen molar-refractivity contribution in [2.45, 2.75) is 20.8 Å². The lowest BCUT2D eigenvalue weighted by Gasteiger charge is -2.18. The molecule has 0 saturated carbocycles. The van der Waals surface area contributed by atoms with E-state index in [4.69, 9.17) is 4.74 Å². The van der Waals surface area contributed by atoms with Gasteiger partial charge in [0.25, 0.3) is 5.91 Å². The van der Waals surface area contributed by atoms with Crippen LogP contribution in [-0.4, -0.2) is 24.0 Å². The number of anilines is 1. The number of fused-ring (bicyclic) bond motifs is 1. The van der Waals surface area contributed by atoms with Crippen LogP contribution in [0.3, 0.4) is 0 Å². The molecule has 24 heavy (non-hydrogen) atoms. The molecule has 4 nitrogen and oxygen atoms in total. The van der Waals surface area contributed by atoms with E-state index in [-0.39, 0.29) is 12.5 Å². The van der Waals surface area contributed by atoms with E-state index in [0.717, 1.165) is 21.5 Å². The minimum absolute atomic E-state index is 0.00761. The number of rotatable bonds is 5. The number of thiazole rings is 1. The minimum atomic E-state index is -0.0865. The van der Waals surface area contributed by atoms with Gasteiger partial charge in [0, 0.05) is 6.54 Å². The molecule has 0 atom stereocenters. The molecular formula is C19H20N2O2S. The quantitative estimate of drug-likeness (QED) is 0.694. The molecule has 5 heteroatoms. The molecule has 3 aromatic rings. The van der Waals surface area contributed by atoms with E-state index in [1.165, 1.54) is 16.9 Å². The van der Waals surface area contributed by atoms with Gasteiger partial charge in [-0.2, -0.15) is 0 Å². The van der Waals surface area contributed by atoms with Crippen molar-refractivity contribution < 1.29 is 9.53 Å². The second-order valence-corrected chi connectivity index (χ2v) is 6.67. The number of para-hydroxylation sites is 1. The molecule has 1 heterocycles. The first-order chi connectivity index (χ1) is 11.6. The summed E-state index contributed by atoms with van der Waals surface area (Å²) in [5.41, 5.74) is 3.13. The first-order valence-electron chi connectivity index (χ1n) is 7.94. The predicted octanol–water partition coefficient (Wildman–Crippen LogP) is 4.35. The van der Waals surface area contributed by atoms with Gasteiger partial charge in [-0.25, -0.2) is 4.98 Å². The molecular weight excluding hydrogens is 320 g/mol. The molecule has 0 bridgehead atoms. The molecule has 0 saturated heterocycles. The Balaban J connectivity index is 1.74. The third-order valence-electron chi connectivity index (χ3n) is 3.81. The van der Waals surface area contributed by atoms with Crippen LogP contribution in [0.5, 0.6) is 5.75 Å². The van der Waals surface area contributed by atoms with E-state index >= 15 is 0 Å². The summed E-state index contributed by atoms with van der Waals surface area (Å²) in [6.07, 6.45) is 0. The van der Waals surface area contributed by atoms with Crippen molar-refractivity contribution >= 4 is 32.6 Å². The minimum Gasteiger partial charge on any atom is -0.483 e. The monoisotopic (exact) mass is 340 g/mol. The number of aryl methyl sites for hydroxylation is 2. The summed E-state index contributed by atoms with van der Waals surface area (Å²) < 4.78 is 6.80. The van der Waals surface area contributed by atoms with E-state index in [2.05, 4.69) is 4.98 Å². The van der Waals surface area contributed by atoms with E-state index in [1.54, 1.807) is 4.90 Å². The Bertz CT molecular complexity index is 840. The summed E-state index contributed by atoms with van der Waals surface area (Å²) >= 11 is 1.52. The van der Waals surface area contributed by atoms with Crippen LogP contribution in [0.25, 0.3) is 10.2 Å². The first kappa shape index (κ1) is 16.5. The van der Waals surface area contributed by atoms with Gasteiger partial charge in [0.1, 0.15) is 5.75 Å². The van der Waals surface area contributed by atoms with Crippen molar-refractivity contribution in [3.05, 3.63) is 53.6 Å².